The maximum atomic E-state index is 12.6. The molecule has 0 atom stereocenters. The molecule has 3 heterocycles. The van der Waals surface area contributed by atoms with E-state index < -0.39 is 5.97 Å². The van der Waals surface area contributed by atoms with E-state index in [0.29, 0.717) is 24.5 Å². The molecule has 2 aliphatic rings. The number of morpholine rings is 1. The van der Waals surface area contributed by atoms with Gasteiger partial charge in [0.2, 0.25) is 11.8 Å². The Balaban J connectivity index is 1.51. The van der Waals surface area contributed by atoms with E-state index in [-0.39, 0.29) is 17.5 Å². The van der Waals surface area contributed by atoms with Crippen LogP contribution >= 0.6 is 0 Å². The second kappa shape index (κ2) is 8.84. The first-order chi connectivity index (χ1) is 16.1. The number of rotatable bonds is 4. The number of cyclic esters (lactones) is 1. The summed E-state index contributed by atoms with van der Waals surface area (Å²) in [5.41, 5.74) is 3.20. The van der Waals surface area contributed by atoms with Crippen LogP contribution in [0.1, 0.15) is 18.1 Å². The molecule has 8 nitrogen and oxygen atoms in total. The molecule has 5 rings (SSSR count). The quantitative estimate of drug-likeness (QED) is 0.492. The van der Waals surface area contributed by atoms with Gasteiger partial charge in [0, 0.05) is 42.2 Å². The lowest BCUT2D eigenvalue weighted by atomic mass is 10.1. The number of aliphatic imine (C=N–C) groups is 1. The maximum Gasteiger partial charge on any atom is 0.363 e. The lowest BCUT2D eigenvalue weighted by Crippen LogP contribution is -2.37. The van der Waals surface area contributed by atoms with Gasteiger partial charge in [0.05, 0.1) is 18.7 Å². The SMILES string of the molecule is CC(=O)Nc1ccc(C2=N/C(=C/c3cc4ccccc4nc3N3CCOCC3)C(=O)O2)cc1. The Labute approximate surface area is 190 Å². The summed E-state index contributed by atoms with van der Waals surface area (Å²) in [6.07, 6.45) is 1.73. The number of nitrogens with zero attached hydrogens (tertiary/aromatic N) is 3. The molecule has 2 aliphatic heterocycles. The summed E-state index contributed by atoms with van der Waals surface area (Å²) < 4.78 is 10.9. The molecular formula is C25H22N4O4. The van der Waals surface area contributed by atoms with Gasteiger partial charge in [-0.3, -0.25) is 4.79 Å². The van der Waals surface area contributed by atoms with Gasteiger partial charge < -0.3 is 19.7 Å². The van der Waals surface area contributed by atoms with E-state index in [1.54, 1.807) is 30.3 Å². The minimum atomic E-state index is -0.517. The first-order valence-electron chi connectivity index (χ1n) is 10.7. The molecule has 8 heteroatoms. The van der Waals surface area contributed by atoms with E-state index in [1.807, 2.05) is 30.3 Å². The second-order valence-corrected chi connectivity index (χ2v) is 7.79. The summed E-state index contributed by atoms with van der Waals surface area (Å²) in [6, 6.07) is 16.9. The van der Waals surface area contributed by atoms with Crippen molar-refractivity contribution in [1.29, 1.82) is 0 Å². The van der Waals surface area contributed by atoms with Crippen LogP contribution in [-0.4, -0.2) is 49.1 Å². The van der Waals surface area contributed by atoms with Crippen molar-refractivity contribution >= 4 is 46.3 Å². The average molecular weight is 442 g/mol. The molecule has 1 N–H and O–H groups in total. The molecule has 1 saturated heterocycles. The van der Waals surface area contributed by atoms with Crippen molar-refractivity contribution in [2.24, 2.45) is 4.99 Å². The van der Waals surface area contributed by atoms with Crippen LogP contribution in [0.25, 0.3) is 17.0 Å². The third-order valence-corrected chi connectivity index (χ3v) is 5.41. The second-order valence-electron chi connectivity index (χ2n) is 7.79. The molecule has 0 radical (unpaired) electrons. The van der Waals surface area contributed by atoms with Crippen LogP contribution in [0.5, 0.6) is 0 Å². The first-order valence-corrected chi connectivity index (χ1v) is 10.7. The Morgan fingerprint density at radius 2 is 1.85 bits per heavy atom. The fourth-order valence-electron chi connectivity index (χ4n) is 3.84. The van der Waals surface area contributed by atoms with Crippen molar-refractivity contribution in [3.05, 3.63) is 71.4 Å². The molecule has 2 aromatic carbocycles. The van der Waals surface area contributed by atoms with Gasteiger partial charge in [-0.05, 0) is 42.5 Å². The van der Waals surface area contributed by atoms with E-state index in [0.717, 1.165) is 35.4 Å². The number of ether oxygens (including phenoxy) is 2. The number of carbonyl (C=O) groups is 2. The van der Waals surface area contributed by atoms with Gasteiger partial charge >= 0.3 is 5.97 Å². The number of benzene rings is 2. The molecule has 3 aromatic rings. The van der Waals surface area contributed by atoms with Gasteiger partial charge in [0.25, 0.3) is 0 Å². The monoisotopic (exact) mass is 442 g/mol. The number of aromatic nitrogens is 1. The van der Waals surface area contributed by atoms with Gasteiger partial charge in [0.15, 0.2) is 5.70 Å². The number of pyridine rings is 1. The van der Waals surface area contributed by atoms with E-state index >= 15 is 0 Å². The molecule has 166 valence electrons. The predicted octanol–water partition coefficient (Wildman–Crippen LogP) is 3.37. The standard InChI is InChI=1S/C25H22N4O4/c1-16(30)26-20-8-6-17(7-9-20)24-28-22(25(31)33-24)15-19-14-18-4-2-3-5-21(18)27-23(19)29-10-12-32-13-11-29/h2-9,14-15H,10-13H2,1H3,(H,26,30)/b22-15+. The number of fused-ring (bicyclic) bond motifs is 1. The highest BCUT2D eigenvalue weighted by Crippen LogP contribution is 2.28. The van der Waals surface area contributed by atoms with E-state index in [2.05, 4.69) is 15.2 Å². The van der Waals surface area contributed by atoms with Crippen LogP contribution in [0, 0.1) is 0 Å². The van der Waals surface area contributed by atoms with Gasteiger partial charge in [-0.15, -0.1) is 0 Å². The molecule has 0 spiro atoms. The van der Waals surface area contributed by atoms with Crippen LogP contribution in [0.3, 0.4) is 0 Å². The fourth-order valence-corrected chi connectivity index (χ4v) is 3.84. The lowest BCUT2D eigenvalue weighted by Gasteiger charge is -2.29. The Morgan fingerprint density at radius 3 is 2.61 bits per heavy atom. The number of hydrogen-bond donors (Lipinski definition) is 1. The van der Waals surface area contributed by atoms with Crippen LogP contribution in [-0.2, 0) is 19.1 Å². The minimum Gasteiger partial charge on any atom is -0.402 e. The van der Waals surface area contributed by atoms with E-state index in [4.69, 9.17) is 14.5 Å². The Bertz CT molecular complexity index is 1290. The summed E-state index contributed by atoms with van der Waals surface area (Å²) in [6.45, 7) is 4.15. The zero-order valence-corrected chi connectivity index (χ0v) is 18.1. The van der Waals surface area contributed by atoms with Crippen LogP contribution < -0.4 is 10.2 Å². The van der Waals surface area contributed by atoms with Gasteiger partial charge in [-0.1, -0.05) is 18.2 Å². The number of nitrogens with one attached hydrogen (secondary N) is 1. The molecule has 1 aromatic heterocycles. The van der Waals surface area contributed by atoms with Crippen molar-refractivity contribution in [3.63, 3.8) is 0 Å². The third-order valence-electron chi connectivity index (χ3n) is 5.41. The molecule has 0 bridgehead atoms. The third kappa shape index (κ3) is 4.47. The molecule has 33 heavy (non-hydrogen) atoms. The Kier molecular flexibility index (Phi) is 5.58. The van der Waals surface area contributed by atoms with Crippen molar-refractivity contribution < 1.29 is 19.1 Å². The van der Waals surface area contributed by atoms with Crippen LogP contribution in [0.15, 0.2) is 65.3 Å². The van der Waals surface area contributed by atoms with Gasteiger partial charge in [-0.2, -0.15) is 0 Å². The summed E-state index contributed by atoms with van der Waals surface area (Å²) in [5.74, 6) is 0.345. The molecule has 1 amide bonds. The molecule has 0 aliphatic carbocycles. The van der Waals surface area contributed by atoms with Crippen molar-refractivity contribution in [1.82, 2.24) is 4.98 Å². The highest BCUT2D eigenvalue weighted by Gasteiger charge is 2.25. The Morgan fingerprint density at radius 1 is 1.09 bits per heavy atom. The number of carbonyl (C=O) groups excluding carboxylic acids is 2. The summed E-state index contributed by atoms with van der Waals surface area (Å²) >= 11 is 0. The molecule has 1 fully saturated rings. The largest absolute Gasteiger partial charge is 0.402 e. The fraction of sp³-hybridized carbons (Fsp3) is 0.200. The van der Waals surface area contributed by atoms with E-state index in [9.17, 15) is 9.59 Å². The topological polar surface area (TPSA) is 93.1 Å². The molecular weight excluding hydrogens is 420 g/mol. The highest BCUT2D eigenvalue weighted by molar-refractivity contribution is 6.13. The first kappa shape index (κ1) is 20.8. The molecule has 0 saturated carbocycles. The zero-order chi connectivity index (χ0) is 22.8. The van der Waals surface area contributed by atoms with Crippen molar-refractivity contribution in [2.45, 2.75) is 6.92 Å². The smallest absolute Gasteiger partial charge is 0.363 e. The van der Waals surface area contributed by atoms with Gasteiger partial charge in [0.1, 0.15) is 5.82 Å². The van der Waals surface area contributed by atoms with Gasteiger partial charge in [-0.25, -0.2) is 14.8 Å². The Hall–Kier alpha value is -4.04. The van der Waals surface area contributed by atoms with Crippen LogP contribution in [0.4, 0.5) is 11.5 Å². The summed E-state index contributed by atoms with van der Waals surface area (Å²) in [7, 11) is 0. The predicted molar refractivity (Wildman–Crippen MR) is 126 cm³/mol. The number of esters is 1. The lowest BCUT2D eigenvalue weighted by molar-refractivity contribution is -0.129. The average Bonchev–Trinajstić information content (AvgIpc) is 3.19. The number of para-hydroxylation sites is 1. The van der Waals surface area contributed by atoms with E-state index in [1.165, 1.54) is 6.92 Å². The van der Waals surface area contributed by atoms with Crippen molar-refractivity contribution in [3.8, 4) is 0 Å². The van der Waals surface area contributed by atoms with Crippen LogP contribution in [0.2, 0.25) is 0 Å². The van der Waals surface area contributed by atoms with Crippen molar-refractivity contribution in [2.75, 3.05) is 36.5 Å². The minimum absolute atomic E-state index is 0.155. The number of anilines is 2. The normalized spacial score (nSPS) is 17.2. The molecule has 0 unspecified atom stereocenters. The maximum absolute atomic E-state index is 12.6. The summed E-state index contributed by atoms with van der Waals surface area (Å²) in [4.78, 5) is 35.3. The highest BCUT2D eigenvalue weighted by atomic mass is 16.6. The summed E-state index contributed by atoms with van der Waals surface area (Å²) in [5, 5.41) is 3.68. The number of amides is 1. The number of hydrogen-bond acceptors (Lipinski definition) is 7. The zero-order valence-electron chi connectivity index (χ0n) is 18.1.